The lowest BCUT2D eigenvalue weighted by atomic mass is 10.3. The van der Waals surface area contributed by atoms with E-state index in [0.29, 0.717) is 10.3 Å². The minimum atomic E-state index is 0.395. The van der Waals surface area contributed by atoms with E-state index in [2.05, 4.69) is 20.9 Å². The van der Waals surface area contributed by atoms with Crippen LogP contribution in [0.4, 0.5) is 5.69 Å². The average molecular weight is 370 g/mol. The Morgan fingerprint density at radius 1 is 1.12 bits per heavy atom. The molecule has 3 rings (SSSR count). The van der Waals surface area contributed by atoms with Gasteiger partial charge in [0.2, 0.25) is 0 Å². The summed E-state index contributed by atoms with van der Waals surface area (Å²) in [6.45, 7) is 1.88. The normalized spacial score (nSPS) is 10.8. The predicted molar refractivity (Wildman–Crippen MR) is 107 cm³/mol. The van der Waals surface area contributed by atoms with Crippen LogP contribution in [-0.4, -0.2) is 21.1 Å². The highest BCUT2D eigenvalue weighted by molar-refractivity contribution is 7.80. The number of rotatable bonds is 4. The van der Waals surface area contributed by atoms with E-state index in [1.165, 1.54) is 0 Å². The third-order valence-corrected chi connectivity index (χ3v) is 4.00. The first kappa shape index (κ1) is 17.1. The lowest BCUT2D eigenvalue weighted by molar-refractivity contribution is 0.863. The number of benzene rings is 2. The smallest absolute Gasteiger partial charge is 0.191 e. The van der Waals surface area contributed by atoms with Gasteiger partial charge in [-0.25, -0.2) is 4.68 Å². The zero-order valence-corrected chi connectivity index (χ0v) is 15.1. The highest BCUT2D eigenvalue weighted by Gasteiger charge is 2.12. The Bertz CT molecular complexity index is 891. The fraction of sp³-hybridized carbons (Fsp3) is 0.0556. The fourth-order valence-electron chi connectivity index (χ4n) is 2.23. The van der Waals surface area contributed by atoms with Gasteiger partial charge in [0.15, 0.2) is 5.11 Å². The number of halogens is 1. The van der Waals surface area contributed by atoms with Gasteiger partial charge in [0.1, 0.15) is 5.15 Å². The molecule has 126 valence electrons. The molecule has 3 aromatic rings. The van der Waals surface area contributed by atoms with Crippen molar-refractivity contribution in [2.75, 3.05) is 5.32 Å². The molecular formula is C18H16ClN5S. The van der Waals surface area contributed by atoms with E-state index in [-0.39, 0.29) is 0 Å². The van der Waals surface area contributed by atoms with Gasteiger partial charge < -0.3 is 5.32 Å². The van der Waals surface area contributed by atoms with E-state index in [1.807, 2.05) is 67.6 Å². The maximum Gasteiger partial charge on any atom is 0.191 e. The molecule has 0 fully saturated rings. The first-order valence-corrected chi connectivity index (χ1v) is 8.39. The van der Waals surface area contributed by atoms with Crippen LogP contribution in [0.15, 0.2) is 65.8 Å². The molecule has 0 aliphatic heterocycles. The van der Waals surface area contributed by atoms with Gasteiger partial charge >= 0.3 is 0 Å². The number of thiocarbonyl (C=S) groups is 1. The number of hydrogen-bond donors (Lipinski definition) is 2. The molecule has 0 amide bonds. The molecule has 0 saturated carbocycles. The number of nitrogens with one attached hydrogen (secondary N) is 2. The Balaban J connectivity index is 1.70. The standard InChI is InChI=1S/C18H16ClN5S/c1-13-16(17(19)24(23-13)15-10-6-3-7-11-15)12-20-22-18(25)21-14-8-4-2-5-9-14/h2-12H,1H3,(H2,21,22,25)/b20-12+. The largest absolute Gasteiger partial charge is 0.331 e. The lowest BCUT2D eigenvalue weighted by Gasteiger charge is -2.06. The van der Waals surface area contributed by atoms with Crippen molar-refractivity contribution in [1.29, 1.82) is 0 Å². The summed E-state index contributed by atoms with van der Waals surface area (Å²) in [6.07, 6.45) is 1.61. The number of hydrogen-bond acceptors (Lipinski definition) is 3. The predicted octanol–water partition coefficient (Wildman–Crippen LogP) is 4.15. The van der Waals surface area contributed by atoms with E-state index in [9.17, 15) is 0 Å². The molecule has 7 heteroatoms. The van der Waals surface area contributed by atoms with Gasteiger partial charge in [-0.3, -0.25) is 5.43 Å². The van der Waals surface area contributed by atoms with E-state index in [1.54, 1.807) is 10.9 Å². The number of aryl methyl sites for hydroxylation is 1. The summed E-state index contributed by atoms with van der Waals surface area (Å²) < 4.78 is 1.68. The summed E-state index contributed by atoms with van der Waals surface area (Å²) in [6, 6.07) is 19.3. The zero-order valence-electron chi connectivity index (χ0n) is 13.5. The Hall–Kier alpha value is -2.70. The van der Waals surface area contributed by atoms with Crippen molar-refractivity contribution in [3.63, 3.8) is 0 Å². The second-order valence-electron chi connectivity index (χ2n) is 5.23. The number of hydrazone groups is 1. The van der Waals surface area contributed by atoms with Gasteiger partial charge in [0, 0.05) is 5.69 Å². The topological polar surface area (TPSA) is 54.2 Å². The van der Waals surface area contributed by atoms with Crippen molar-refractivity contribution in [1.82, 2.24) is 15.2 Å². The molecule has 0 radical (unpaired) electrons. The Morgan fingerprint density at radius 2 is 1.76 bits per heavy atom. The molecule has 25 heavy (non-hydrogen) atoms. The molecule has 0 aliphatic carbocycles. The van der Waals surface area contributed by atoms with Gasteiger partial charge in [0.05, 0.1) is 23.2 Å². The highest BCUT2D eigenvalue weighted by Crippen LogP contribution is 2.21. The molecule has 1 heterocycles. The first-order chi connectivity index (χ1) is 12.1. The van der Waals surface area contributed by atoms with Crippen LogP contribution in [0.1, 0.15) is 11.3 Å². The second-order valence-corrected chi connectivity index (χ2v) is 5.99. The van der Waals surface area contributed by atoms with Crippen molar-refractivity contribution in [2.45, 2.75) is 6.92 Å². The van der Waals surface area contributed by atoms with Crippen molar-refractivity contribution >= 4 is 40.8 Å². The Morgan fingerprint density at radius 3 is 2.44 bits per heavy atom. The molecule has 2 N–H and O–H groups in total. The van der Waals surface area contributed by atoms with Crippen LogP contribution in [0, 0.1) is 6.92 Å². The summed E-state index contributed by atoms with van der Waals surface area (Å²) in [5.41, 5.74) is 6.08. The zero-order chi connectivity index (χ0) is 17.6. The van der Waals surface area contributed by atoms with Gasteiger partial charge in [-0.15, -0.1) is 0 Å². The number of para-hydroxylation sites is 2. The van der Waals surface area contributed by atoms with Crippen LogP contribution in [-0.2, 0) is 0 Å². The minimum Gasteiger partial charge on any atom is -0.331 e. The molecule has 5 nitrogen and oxygen atoms in total. The summed E-state index contributed by atoms with van der Waals surface area (Å²) in [5.74, 6) is 0. The molecule has 2 aromatic carbocycles. The molecular weight excluding hydrogens is 354 g/mol. The maximum absolute atomic E-state index is 6.44. The Labute approximate surface area is 156 Å². The molecule has 0 bridgehead atoms. The van der Waals surface area contributed by atoms with Crippen molar-refractivity contribution in [2.24, 2.45) is 5.10 Å². The minimum absolute atomic E-state index is 0.395. The van der Waals surface area contributed by atoms with Gasteiger partial charge in [-0.05, 0) is 43.4 Å². The van der Waals surface area contributed by atoms with E-state index in [4.69, 9.17) is 23.8 Å². The molecule has 0 unspecified atom stereocenters. The molecule has 0 aliphatic rings. The summed E-state index contributed by atoms with van der Waals surface area (Å²) in [4.78, 5) is 0. The third-order valence-electron chi connectivity index (χ3n) is 3.44. The van der Waals surface area contributed by atoms with Crippen LogP contribution in [0.25, 0.3) is 5.69 Å². The maximum atomic E-state index is 6.44. The van der Waals surface area contributed by atoms with Gasteiger partial charge in [0.25, 0.3) is 0 Å². The Kier molecular flexibility index (Phi) is 5.42. The van der Waals surface area contributed by atoms with Crippen LogP contribution >= 0.6 is 23.8 Å². The summed E-state index contributed by atoms with van der Waals surface area (Å²) in [7, 11) is 0. The molecule has 1 aromatic heterocycles. The summed E-state index contributed by atoms with van der Waals surface area (Å²) >= 11 is 11.7. The third kappa shape index (κ3) is 4.23. The second kappa shape index (κ2) is 7.92. The highest BCUT2D eigenvalue weighted by atomic mass is 35.5. The lowest BCUT2D eigenvalue weighted by Crippen LogP contribution is -2.23. The van der Waals surface area contributed by atoms with Gasteiger partial charge in [-0.2, -0.15) is 10.2 Å². The van der Waals surface area contributed by atoms with Crippen LogP contribution in [0.2, 0.25) is 5.15 Å². The van der Waals surface area contributed by atoms with Crippen molar-refractivity contribution in [3.8, 4) is 5.69 Å². The van der Waals surface area contributed by atoms with E-state index >= 15 is 0 Å². The number of anilines is 1. The fourth-order valence-corrected chi connectivity index (χ4v) is 2.73. The van der Waals surface area contributed by atoms with Crippen LogP contribution in [0.5, 0.6) is 0 Å². The number of nitrogens with zero attached hydrogens (tertiary/aromatic N) is 3. The van der Waals surface area contributed by atoms with Crippen LogP contribution < -0.4 is 10.7 Å². The number of aromatic nitrogens is 2. The van der Waals surface area contributed by atoms with Gasteiger partial charge in [-0.1, -0.05) is 48.0 Å². The average Bonchev–Trinajstić information content (AvgIpc) is 2.91. The molecule has 0 saturated heterocycles. The summed E-state index contributed by atoms with van der Waals surface area (Å²) in [5, 5.41) is 12.5. The SMILES string of the molecule is Cc1nn(-c2ccccc2)c(Cl)c1/C=N/NC(=S)Nc1ccccc1. The molecule has 0 spiro atoms. The van der Waals surface area contributed by atoms with Crippen LogP contribution in [0.3, 0.4) is 0 Å². The van der Waals surface area contributed by atoms with Crippen molar-refractivity contribution in [3.05, 3.63) is 77.1 Å². The van der Waals surface area contributed by atoms with Crippen molar-refractivity contribution < 1.29 is 0 Å². The first-order valence-electron chi connectivity index (χ1n) is 7.61. The quantitative estimate of drug-likeness (QED) is 0.412. The monoisotopic (exact) mass is 369 g/mol. The molecule has 0 atom stereocenters. The van der Waals surface area contributed by atoms with E-state index in [0.717, 1.165) is 22.6 Å². The van der Waals surface area contributed by atoms with E-state index < -0.39 is 0 Å².